The molecule has 0 spiro atoms. The highest BCUT2D eigenvalue weighted by Crippen LogP contribution is 2.32. The molecule has 1 aliphatic carbocycles. The largest absolute Gasteiger partial charge is 0.383 e. The van der Waals surface area contributed by atoms with Gasteiger partial charge in [0.25, 0.3) is 0 Å². The smallest absolute Gasteiger partial charge is 0.0615 e. The van der Waals surface area contributed by atoms with Gasteiger partial charge in [-0.2, -0.15) is 0 Å². The van der Waals surface area contributed by atoms with Crippen LogP contribution in [0.1, 0.15) is 32.6 Å². The predicted molar refractivity (Wildman–Crippen MR) is 77.5 cm³/mol. The summed E-state index contributed by atoms with van der Waals surface area (Å²) in [4.78, 5) is 2.45. The Hall–Kier alpha value is -0.160. The van der Waals surface area contributed by atoms with E-state index in [4.69, 9.17) is 9.47 Å². The molecule has 1 saturated heterocycles. The average Bonchev–Trinajstić information content (AvgIpc) is 3.22. The molecule has 0 radical (unpaired) electrons. The zero-order valence-electron chi connectivity index (χ0n) is 12.8. The number of hydrogen-bond acceptors (Lipinski definition) is 4. The first-order chi connectivity index (χ1) is 9.15. The van der Waals surface area contributed by atoms with Crippen molar-refractivity contribution in [1.29, 1.82) is 0 Å². The zero-order chi connectivity index (χ0) is 13.7. The molecular formula is C15H30N2O2. The number of hydrogen-bond donors (Lipinski definition) is 1. The van der Waals surface area contributed by atoms with Gasteiger partial charge in [0.2, 0.25) is 0 Å². The molecule has 0 aromatic rings. The second-order valence-corrected chi connectivity index (χ2v) is 6.49. The van der Waals surface area contributed by atoms with Crippen molar-refractivity contribution in [1.82, 2.24) is 10.2 Å². The summed E-state index contributed by atoms with van der Waals surface area (Å²) in [7, 11) is 4.00. The monoisotopic (exact) mass is 270 g/mol. The normalized spacial score (nSPS) is 24.6. The number of likely N-dealkylation sites (N-methyl/N-ethyl adjacent to an activating group) is 1. The lowest BCUT2D eigenvalue weighted by atomic mass is 9.79. The Labute approximate surface area is 117 Å². The molecule has 1 atom stereocenters. The molecule has 0 amide bonds. The van der Waals surface area contributed by atoms with Gasteiger partial charge in [-0.05, 0) is 45.1 Å². The lowest BCUT2D eigenvalue weighted by Gasteiger charge is -2.42. The minimum absolute atomic E-state index is 0.386. The SMILES string of the molecule is COCC(C)N(C)CC1(CNC2CC2)CCOCC1. The number of nitrogens with one attached hydrogen (secondary N) is 1. The van der Waals surface area contributed by atoms with Crippen molar-refractivity contribution in [2.75, 3.05) is 47.1 Å². The molecule has 2 aliphatic rings. The van der Waals surface area contributed by atoms with Crippen molar-refractivity contribution in [3.63, 3.8) is 0 Å². The molecule has 19 heavy (non-hydrogen) atoms. The zero-order valence-corrected chi connectivity index (χ0v) is 12.8. The van der Waals surface area contributed by atoms with Crippen molar-refractivity contribution >= 4 is 0 Å². The van der Waals surface area contributed by atoms with Crippen molar-refractivity contribution in [2.24, 2.45) is 5.41 Å². The number of ether oxygens (including phenoxy) is 2. The fraction of sp³-hybridized carbons (Fsp3) is 1.00. The number of methoxy groups -OCH3 is 1. The van der Waals surface area contributed by atoms with Gasteiger partial charge in [0, 0.05) is 45.5 Å². The predicted octanol–water partition coefficient (Wildman–Crippen LogP) is 1.50. The van der Waals surface area contributed by atoms with Crippen LogP contribution in [0.25, 0.3) is 0 Å². The Kier molecular flexibility index (Phi) is 5.63. The van der Waals surface area contributed by atoms with Crippen LogP contribution in [0.15, 0.2) is 0 Å². The minimum Gasteiger partial charge on any atom is -0.383 e. The highest BCUT2D eigenvalue weighted by atomic mass is 16.5. The van der Waals surface area contributed by atoms with Gasteiger partial charge in [0.1, 0.15) is 0 Å². The van der Waals surface area contributed by atoms with Crippen molar-refractivity contribution in [2.45, 2.75) is 44.7 Å². The highest BCUT2D eigenvalue weighted by molar-refractivity contribution is 4.91. The van der Waals surface area contributed by atoms with Crippen molar-refractivity contribution in [3.8, 4) is 0 Å². The molecule has 1 aliphatic heterocycles. The standard InChI is InChI=1S/C15H30N2O2/c1-13(10-18-3)17(2)12-15(6-8-19-9-7-15)11-16-14-4-5-14/h13-14,16H,4-12H2,1-3H3. The van der Waals surface area contributed by atoms with Gasteiger partial charge in [0.05, 0.1) is 6.61 Å². The van der Waals surface area contributed by atoms with E-state index in [1.54, 1.807) is 7.11 Å². The number of rotatable bonds is 8. The summed E-state index contributed by atoms with van der Waals surface area (Å²) in [6.45, 7) is 7.16. The van der Waals surface area contributed by atoms with Crippen LogP contribution in [0.3, 0.4) is 0 Å². The van der Waals surface area contributed by atoms with E-state index in [2.05, 4.69) is 24.2 Å². The quantitative estimate of drug-likeness (QED) is 0.725. The van der Waals surface area contributed by atoms with Gasteiger partial charge in [-0.1, -0.05) is 0 Å². The first-order valence-electron chi connectivity index (χ1n) is 7.65. The van der Waals surface area contributed by atoms with Crippen LogP contribution in [-0.4, -0.2) is 64.1 Å². The molecule has 2 rings (SSSR count). The Morgan fingerprint density at radius 3 is 2.63 bits per heavy atom. The van der Waals surface area contributed by atoms with Gasteiger partial charge >= 0.3 is 0 Å². The molecule has 2 fully saturated rings. The van der Waals surface area contributed by atoms with E-state index in [0.29, 0.717) is 11.5 Å². The van der Waals surface area contributed by atoms with Crippen LogP contribution in [0.4, 0.5) is 0 Å². The van der Waals surface area contributed by atoms with Crippen LogP contribution in [0, 0.1) is 5.41 Å². The molecule has 112 valence electrons. The van der Waals surface area contributed by atoms with Gasteiger partial charge in [-0.25, -0.2) is 0 Å². The molecule has 4 nitrogen and oxygen atoms in total. The van der Waals surface area contributed by atoms with E-state index in [1.165, 1.54) is 25.7 Å². The van der Waals surface area contributed by atoms with Gasteiger partial charge in [0.15, 0.2) is 0 Å². The first kappa shape index (κ1) is 15.2. The lowest BCUT2D eigenvalue weighted by Crippen LogP contribution is -2.49. The van der Waals surface area contributed by atoms with E-state index >= 15 is 0 Å². The van der Waals surface area contributed by atoms with Crippen LogP contribution < -0.4 is 5.32 Å². The summed E-state index contributed by atoms with van der Waals surface area (Å²) in [5.41, 5.74) is 0.386. The fourth-order valence-corrected chi connectivity index (χ4v) is 2.90. The van der Waals surface area contributed by atoms with Crippen LogP contribution in [-0.2, 0) is 9.47 Å². The summed E-state index contributed by atoms with van der Waals surface area (Å²) < 4.78 is 10.8. The third-order valence-electron chi connectivity index (χ3n) is 4.64. The van der Waals surface area contributed by atoms with Gasteiger partial charge in [-0.15, -0.1) is 0 Å². The first-order valence-corrected chi connectivity index (χ1v) is 7.65. The van der Waals surface area contributed by atoms with E-state index in [9.17, 15) is 0 Å². The third kappa shape index (κ3) is 4.71. The van der Waals surface area contributed by atoms with E-state index in [1.807, 2.05) is 0 Å². The summed E-state index contributed by atoms with van der Waals surface area (Å²) in [6.07, 6.45) is 5.08. The Morgan fingerprint density at radius 1 is 1.37 bits per heavy atom. The molecule has 0 bridgehead atoms. The van der Waals surface area contributed by atoms with Crippen molar-refractivity contribution < 1.29 is 9.47 Å². The minimum atomic E-state index is 0.386. The van der Waals surface area contributed by atoms with Crippen LogP contribution in [0.5, 0.6) is 0 Å². The maximum Gasteiger partial charge on any atom is 0.0615 e. The second-order valence-electron chi connectivity index (χ2n) is 6.49. The summed E-state index contributed by atoms with van der Waals surface area (Å²) in [5.74, 6) is 0. The molecule has 1 saturated carbocycles. The summed E-state index contributed by atoms with van der Waals surface area (Å²) in [5, 5.41) is 3.73. The highest BCUT2D eigenvalue weighted by Gasteiger charge is 2.36. The Balaban J connectivity index is 1.87. The summed E-state index contributed by atoms with van der Waals surface area (Å²) in [6, 6.07) is 1.27. The topological polar surface area (TPSA) is 33.7 Å². The van der Waals surface area contributed by atoms with Crippen LogP contribution in [0.2, 0.25) is 0 Å². The maximum absolute atomic E-state index is 5.57. The molecule has 0 aromatic heterocycles. The van der Waals surface area contributed by atoms with Gasteiger partial charge in [-0.3, -0.25) is 0 Å². The van der Waals surface area contributed by atoms with E-state index < -0.39 is 0 Å². The fourth-order valence-electron chi connectivity index (χ4n) is 2.90. The molecule has 1 heterocycles. The number of nitrogens with zero attached hydrogens (tertiary/aromatic N) is 1. The summed E-state index contributed by atoms with van der Waals surface area (Å²) >= 11 is 0. The molecule has 1 N–H and O–H groups in total. The van der Waals surface area contributed by atoms with Crippen molar-refractivity contribution in [3.05, 3.63) is 0 Å². The van der Waals surface area contributed by atoms with Gasteiger partial charge < -0.3 is 19.7 Å². The second kappa shape index (κ2) is 7.02. The molecule has 4 heteroatoms. The maximum atomic E-state index is 5.57. The van der Waals surface area contributed by atoms with Crippen LogP contribution >= 0.6 is 0 Å². The van der Waals surface area contributed by atoms with E-state index in [0.717, 1.165) is 39.0 Å². The Bertz CT molecular complexity index is 263. The lowest BCUT2D eigenvalue weighted by molar-refractivity contribution is -0.0114. The average molecular weight is 270 g/mol. The molecule has 1 unspecified atom stereocenters. The molecular weight excluding hydrogens is 240 g/mol. The third-order valence-corrected chi connectivity index (χ3v) is 4.64. The Morgan fingerprint density at radius 2 is 2.05 bits per heavy atom. The molecule has 0 aromatic carbocycles. The van der Waals surface area contributed by atoms with E-state index in [-0.39, 0.29) is 0 Å².